The number of methoxy groups -OCH3 is 1. The molecule has 1 atom stereocenters. The van der Waals surface area contributed by atoms with E-state index in [0.717, 1.165) is 36.2 Å². The number of benzene rings is 1. The average Bonchev–Trinajstić information content (AvgIpc) is 2.46. The molecule has 0 spiro atoms. The summed E-state index contributed by atoms with van der Waals surface area (Å²) in [4.78, 5) is 14.5. The van der Waals surface area contributed by atoms with Crippen LogP contribution >= 0.6 is 15.9 Å². The normalized spacial score (nSPS) is 19.7. The highest BCUT2D eigenvalue weighted by Crippen LogP contribution is 2.31. The predicted octanol–water partition coefficient (Wildman–Crippen LogP) is 1.74. The van der Waals surface area contributed by atoms with Crippen molar-refractivity contribution in [2.24, 2.45) is 0 Å². The van der Waals surface area contributed by atoms with Gasteiger partial charge in [0.1, 0.15) is 5.54 Å². The highest BCUT2D eigenvalue weighted by Gasteiger charge is 2.42. The molecule has 0 amide bonds. The van der Waals surface area contributed by atoms with E-state index >= 15 is 0 Å². The Kier molecular flexibility index (Phi) is 4.60. The van der Waals surface area contributed by atoms with Gasteiger partial charge in [-0.1, -0.05) is 28.1 Å². The van der Waals surface area contributed by atoms with Crippen LogP contribution in [0.1, 0.15) is 12.5 Å². The Hall–Kier alpha value is -0.910. The van der Waals surface area contributed by atoms with Gasteiger partial charge in [-0.15, -0.1) is 0 Å². The molecule has 1 saturated heterocycles. The van der Waals surface area contributed by atoms with Crippen LogP contribution in [0.25, 0.3) is 0 Å². The molecule has 1 N–H and O–H groups in total. The first-order valence-electron chi connectivity index (χ1n) is 6.39. The van der Waals surface area contributed by atoms with Crippen LogP contribution in [0.4, 0.5) is 0 Å². The molecule has 1 aliphatic rings. The summed E-state index contributed by atoms with van der Waals surface area (Å²) >= 11 is 3.47. The van der Waals surface area contributed by atoms with Crippen LogP contribution in [0, 0.1) is 0 Å². The van der Waals surface area contributed by atoms with E-state index in [1.54, 1.807) is 0 Å². The average molecular weight is 327 g/mol. The third kappa shape index (κ3) is 2.83. The second kappa shape index (κ2) is 6.03. The molecule has 5 heteroatoms. The second-order valence-corrected chi connectivity index (χ2v) is 5.73. The zero-order valence-corrected chi connectivity index (χ0v) is 12.9. The summed E-state index contributed by atoms with van der Waals surface area (Å²) in [7, 11) is 1.45. The summed E-state index contributed by atoms with van der Waals surface area (Å²) in [6, 6.07) is 7.87. The molecule has 1 fully saturated rings. The SMILES string of the molecule is COC(=O)C(C)(c1cccc(Br)c1)N1CCNCC1. The lowest BCUT2D eigenvalue weighted by atomic mass is 9.89. The molecule has 0 bridgehead atoms. The minimum Gasteiger partial charge on any atom is -0.467 e. The number of carbonyl (C=O) groups excluding carboxylic acids is 1. The number of halogens is 1. The van der Waals surface area contributed by atoms with Crippen LogP contribution in [0.5, 0.6) is 0 Å². The first-order chi connectivity index (χ1) is 9.09. The summed E-state index contributed by atoms with van der Waals surface area (Å²) in [5, 5.41) is 3.30. The van der Waals surface area contributed by atoms with Crippen molar-refractivity contribution in [2.75, 3.05) is 33.3 Å². The van der Waals surface area contributed by atoms with Gasteiger partial charge in [0.2, 0.25) is 0 Å². The number of hydrogen-bond acceptors (Lipinski definition) is 4. The van der Waals surface area contributed by atoms with Gasteiger partial charge in [-0.3, -0.25) is 4.90 Å². The number of esters is 1. The lowest BCUT2D eigenvalue weighted by molar-refractivity contribution is -0.155. The Balaban J connectivity index is 2.41. The quantitative estimate of drug-likeness (QED) is 0.859. The van der Waals surface area contributed by atoms with Gasteiger partial charge < -0.3 is 10.1 Å². The topological polar surface area (TPSA) is 41.6 Å². The number of carbonyl (C=O) groups is 1. The highest BCUT2D eigenvalue weighted by molar-refractivity contribution is 9.10. The van der Waals surface area contributed by atoms with E-state index in [4.69, 9.17) is 4.74 Å². The third-order valence-electron chi connectivity index (χ3n) is 3.72. The van der Waals surface area contributed by atoms with E-state index in [2.05, 4.69) is 26.1 Å². The molecule has 1 aromatic carbocycles. The Labute approximate surface area is 122 Å². The number of nitrogens with zero attached hydrogens (tertiary/aromatic N) is 1. The number of piperazine rings is 1. The van der Waals surface area contributed by atoms with E-state index < -0.39 is 5.54 Å². The van der Waals surface area contributed by atoms with Crippen molar-refractivity contribution in [1.29, 1.82) is 0 Å². The maximum Gasteiger partial charge on any atom is 0.330 e. The maximum absolute atomic E-state index is 12.3. The van der Waals surface area contributed by atoms with Gasteiger partial charge in [-0.05, 0) is 24.6 Å². The van der Waals surface area contributed by atoms with Crippen LogP contribution in [0.2, 0.25) is 0 Å². The first-order valence-corrected chi connectivity index (χ1v) is 7.18. The number of hydrogen-bond donors (Lipinski definition) is 1. The molecule has 1 heterocycles. The lowest BCUT2D eigenvalue weighted by Gasteiger charge is -2.41. The van der Waals surface area contributed by atoms with E-state index in [1.807, 2.05) is 31.2 Å². The van der Waals surface area contributed by atoms with Crippen molar-refractivity contribution in [3.8, 4) is 0 Å². The molecule has 4 nitrogen and oxygen atoms in total. The lowest BCUT2D eigenvalue weighted by Crippen LogP contribution is -2.57. The zero-order chi connectivity index (χ0) is 13.9. The smallest absolute Gasteiger partial charge is 0.330 e. The Morgan fingerprint density at radius 1 is 1.42 bits per heavy atom. The monoisotopic (exact) mass is 326 g/mol. The zero-order valence-electron chi connectivity index (χ0n) is 11.3. The molecule has 2 rings (SSSR count). The molecule has 1 aromatic rings. The Morgan fingerprint density at radius 3 is 2.68 bits per heavy atom. The molecule has 19 heavy (non-hydrogen) atoms. The molecule has 0 aromatic heterocycles. The van der Waals surface area contributed by atoms with E-state index in [9.17, 15) is 4.79 Å². The molecule has 0 aliphatic carbocycles. The van der Waals surface area contributed by atoms with Gasteiger partial charge in [0.25, 0.3) is 0 Å². The summed E-state index contributed by atoms with van der Waals surface area (Å²) < 4.78 is 6.01. The molecular formula is C14H19BrN2O2. The molecule has 1 aliphatic heterocycles. The van der Waals surface area contributed by atoms with Gasteiger partial charge in [0.15, 0.2) is 0 Å². The minimum atomic E-state index is -0.735. The highest BCUT2D eigenvalue weighted by atomic mass is 79.9. The predicted molar refractivity (Wildman–Crippen MR) is 78.0 cm³/mol. The van der Waals surface area contributed by atoms with Gasteiger partial charge in [-0.25, -0.2) is 4.79 Å². The Bertz CT molecular complexity index is 461. The van der Waals surface area contributed by atoms with Gasteiger partial charge in [0, 0.05) is 30.7 Å². The van der Waals surface area contributed by atoms with Crippen molar-refractivity contribution < 1.29 is 9.53 Å². The fourth-order valence-electron chi connectivity index (χ4n) is 2.53. The van der Waals surface area contributed by atoms with Crippen molar-refractivity contribution in [2.45, 2.75) is 12.5 Å². The summed E-state index contributed by atoms with van der Waals surface area (Å²) in [6.07, 6.45) is 0. The van der Waals surface area contributed by atoms with Crippen molar-refractivity contribution in [3.63, 3.8) is 0 Å². The van der Waals surface area contributed by atoms with Crippen LogP contribution in [-0.4, -0.2) is 44.2 Å². The molecular weight excluding hydrogens is 308 g/mol. The number of ether oxygens (including phenoxy) is 1. The molecule has 104 valence electrons. The number of rotatable bonds is 3. The first kappa shape index (κ1) is 14.5. The minimum absolute atomic E-state index is 0.215. The maximum atomic E-state index is 12.3. The van der Waals surface area contributed by atoms with Crippen molar-refractivity contribution >= 4 is 21.9 Å². The summed E-state index contributed by atoms with van der Waals surface area (Å²) in [5.41, 5.74) is 0.219. The van der Waals surface area contributed by atoms with E-state index in [-0.39, 0.29) is 5.97 Å². The van der Waals surface area contributed by atoms with Gasteiger partial charge >= 0.3 is 5.97 Å². The summed E-state index contributed by atoms with van der Waals surface area (Å²) in [5.74, 6) is -0.215. The van der Waals surface area contributed by atoms with Crippen molar-refractivity contribution in [1.82, 2.24) is 10.2 Å². The van der Waals surface area contributed by atoms with E-state index in [1.165, 1.54) is 7.11 Å². The largest absolute Gasteiger partial charge is 0.467 e. The third-order valence-corrected chi connectivity index (χ3v) is 4.21. The van der Waals surface area contributed by atoms with Crippen LogP contribution in [0.15, 0.2) is 28.7 Å². The van der Waals surface area contributed by atoms with Crippen LogP contribution in [0.3, 0.4) is 0 Å². The molecule has 1 unspecified atom stereocenters. The fraction of sp³-hybridized carbons (Fsp3) is 0.500. The van der Waals surface area contributed by atoms with Gasteiger partial charge in [-0.2, -0.15) is 0 Å². The summed E-state index contributed by atoms with van der Waals surface area (Å²) in [6.45, 7) is 5.38. The van der Waals surface area contributed by atoms with E-state index in [0.29, 0.717) is 0 Å². The number of nitrogens with one attached hydrogen (secondary N) is 1. The Morgan fingerprint density at radius 2 is 2.11 bits per heavy atom. The van der Waals surface area contributed by atoms with Crippen molar-refractivity contribution in [3.05, 3.63) is 34.3 Å². The fourth-order valence-corrected chi connectivity index (χ4v) is 2.93. The second-order valence-electron chi connectivity index (χ2n) is 4.81. The van der Waals surface area contributed by atoms with Gasteiger partial charge in [0.05, 0.1) is 7.11 Å². The van der Waals surface area contributed by atoms with Crippen LogP contribution < -0.4 is 5.32 Å². The van der Waals surface area contributed by atoms with Crippen LogP contribution in [-0.2, 0) is 15.1 Å². The standard InChI is InChI=1S/C14H19BrN2O2/c1-14(13(18)19-2,17-8-6-16-7-9-17)11-4-3-5-12(15)10-11/h3-5,10,16H,6-9H2,1-2H3. The molecule has 0 saturated carbocycles. The molecule has 0 radical (unpaired) electrons.